The number of nitrogens with one attached hydrogen (secondary N) is 2. The van der Waals surface area contributed by atoms with Crippen LogP contribution in [0.5, 0.6) is 0 Å². The van der Waals surface area contributed by atoms with Gasteiger partial charge >= 0.3 is 0 Å². The van der Waals surface area contributed by atoms with Crippen molar-refractivity contribution in [2.75, 3.05) is 5.32 Å². The zero-order valence-electron chi connectivity index (χ0n) is 13.0. The number of carbonyl (C=O) groups excluding carboxylic acids is 1. The van der Waals surface area contributed by atoms with Gasteiger partial charge in [-0.15, -0.1) is 5.10 Å². The molecule has 0 aromatic carbocycles. The summed E-state index contributed by atoms with van der Waals surface area (Å²) in [6, 6.07) is 5.63. The van der Waals surface area contributed by atoms with E-state index in [-0.39, 0.29) is 11.9 Å². The van der Waals surface area contributed by atoms with Gasteiger partial charge in [0.2, 0.25) is 0 Å². The van der Waals surface area contributed by atoms with Crippen molar-refractivity contribution in [1.29, 1.82) is 0 Å². The molecule has 0 saturated carbocycles. The molecule has 2 N–H and O–H groups in total. The van der Waals surface area contributed by atoms with Crippen LogP contribution < -0.4 is 10.6 Å². The van der Waals surface area contributed by atoms with Gasteiger partial charge in [-0.05, 0) is 37.6 Å². The van der Waals surface area contributed by atoms with Gasteiger partial charge in [-0.3, -0.25) is 9.78 Å². The molecule has 3 aromatic rings. The normalized spacial score (nSPS) is 10.9. The van der Waals surface area contributed by atoms with Crippen molar-refractivity contribution >= 4 is 17.4 Å². The van der Waals surface area contributed by atoms with Crippen LogP contribution in [-0.4, -0.2) is 31.5 Å². The van der Waals surface area contributed by atoms with Gasteiger partial charge in [-0.1, -0.05) is 0 Å². The molecular weight excluding hydrogens is 292 g/mol. The third kappa shape index (κ3) is 3.28. The maximum Gasteiger partial charge on any atom is 0.259 e. The fourth-order valence-electron chi connectivity index (χ4n) is 2.24. The fraction of sp³-hybridized carbons (Fsp3) is 0.250. The van der Waals surface area contributed by atoms with Crippen LogP contribution in [0, 0.1) is 0 Å². The number of carbonyl (C=O) groups is 1. The first kappa shape index (κ1) is 15.0. The molecule has 0 aliphatic carbocycles. The lowest BCUT2D eigenvalue weighted by Gasteiger charge is -2.09. The maximum absolute atomic E-state index is 12.5. The van der Waals surface area contributed by atoms with E-state index in [2.05, 4.69) is 25.7 Å². The van der Waals surface area contributed by atoms with Gasteiger partial charge in [0.1, 0.15) is 5.56 Å². The van der Waals surface area contributed by atoms with E-state index in [1.807, 2.05) is 26.0 Å². The van der Waals surface area contributed by atoms with E-state index in [1.165, 1.54) is 0 Å². The van der Waals surface area contributed by atoms with E-state index >= 15 is 0 Å². The zero-order chi connectivity index (χ0) is 16.2. The lowest BCUT2D eigenvalue weighted by molar-refractivity contribution is 0.0945. The predicted octanol–water partition coefficient (Wildman–Crippen LogP) is 1.87. The molecule has 3 aromatic heterocycles. The van der Waals surface area contributed by atoms with Crippen molar-refractivity contribution in [2.24, 2.45) is 0 Å². The number of fused-ring (bicyclic) bond motifs is 1. The molecule has 0 spiro atoms. The highest BCUT2D eigenvalue weighted by molar-refractivity contribution is 6.04. The molecule has 0 atom stereocenters. The molecule has 0 fully saturated rings. The standard InChI is InChI=1S/C16H18N6O/c1-11(2)20-16(23)13-14(19-10-12-4-7-17-8-5-12)21-22-9-3-6-18-15(13)22/h3-9,11H,10H2,1-2H3,(H,19,21)(H,20,23). The molecule has 7 heteroatoms. The van der Waals surface area contributed by atoms with E-state index < -0.39 is 0 Å². The molecule has 1 amide bonds. The van der Waals surface area contributed by atoms with Crippen molar-refractivity contribution in [3.8, 4) is 0 Å². The molecular formula is C16H18N6O. The third-order valence-electron chi connectivity index (χ3n) is 3.25. The van der Waals surface area contributed by atoms with Crippen molar-refractivity contribution in [2.45, 2.75) is 26.4 Å². The van der Waals surface area contributed by atoms with Crippen molar-refractivity contribution in [3.05, 3.63) is 54.1 Å². The van der Waals surface area contributed by atoms with Gasteiger partial charge < -0.3 is 10.6 Å². The summed E-state index contributed by atoms with van der Waals surface area (Å²) in [5, 5.41) is 10.5. The summed E-state index contributed by atoms with van der Waals surface area (Å²) in [7, 11) is 0. The van der Waals surface area contributed by atoms with E-state index in [1.54, 1.807) is 35.4 Å². The molecule has 0 bridgehead atoms. The number of amides is 1. The van der Waals surface area contributed by atoms with Crippen LogP contribution in [0.2, 0.25) is 0 Å². The van der Waals surface area contributed by atoms with Crippen LogP contribution in [0.3, 0.4) is 0 Å². The lowest BCUT2D eigenvalue weighted by Crippen LogP contribution is -2.30. The number of aromatic nitrogens is 4. The van der Waals surface area contributed by atoms with Crippen molar-refractivity contribution in [3.63, 3.8) is 0 Å². The number of hydrogen-bond donors (Lipinski definition) is 2. The summed E-state index contributed by atoms with van der Waals surface area (Å²) < 4.78 is 1.60. The fourth-order valence-corrected chi connectivity index (χ4v) is 2.24. The third-order valence-corrected chi connectivity index (χ3v) is 3.25. The Morgan fingerprint density at radius 1 is 1.26 bits per heavy atom. The summed E-state index contributed by atoms with van der Waals surface area (Å²) in [5.74, 6) is 0.324. The Hall–Kier alpha value is -2.96. The van der Waals surface area contributed by atoms with Crippen LogP contribution >= 0.6 is 0 Å². The second kappa shape index (κ2) is 6.43. The molecule has 0 radical (unpaired) electrons. The van der Waals surface area contributed by atoms with Crippen LogP contribution in [0.1, 0.15) is 29.8 Å². The highest BCUT2D eigenvalue weighted by atomic mass is 16.1. The number of pyridine rings is 1. The van der Waals surface area contributed by atoms with E-state index in [9.17, 15) is 4.79 Å². The minimum atomic E-state index is -0.189. The lowest BCUT2D eigenvalue weighted by atomic mass is 10.2. The summed E-state index contributed by atoms with van der Waals surface area (Å²) in [5.41, 5.74) is 2.04. The first-order valence-corrected chi connectivity index (χ1v) is 7.42. The van der Waals surface area contributed by atoms with E-state index in [4.69, 9.17) is 0 Å². The molecule has 0 aliphatic rings. The Bertz CT molecular complexity index is 812. The molecule has 23 heavy (non-hydrogen) atoms. The first-order valence-electron chi connectivity index (χ1n) is 7.42. The molecule has 7 nitrogen and oxygen atoms in total. The van der Waals surface area contributed by atoms with Crippen molar-refractivity contribution < 1.29 is 4.79 Å². The number of anilines is 1. The van der Waals surface area contributed by atoms with Crippen molar-refractivity contribution in [1.82, 2.24) is 24.9 Å². The van der Waals surface area contributed by atoms with Gasteiger partial charge in [0.25, 0.3) is 5.91 Å². The number of hydrogen-bond acceptors (Lipinski definition) is 5. The minimum absolute atomic E-state index is 0.0363. The van der Waals surface area contributed by atoms with E-state index in [0.29, 0.717) is 23.6 Å². The number of nitrogens with zero attached hydrogens (tertiary/aromatic N) is 4. The molecule has 0 aliphatic heterocycles. The number of rotatable bonds is 5. The summed E-state index contributed by atoms with van der Waals surface area (Å²) in [6.45, 7) is 4.39. The predicted molar refractivity (Wildman–Crippen MR) is 87.2 cm³/mol. The Labute approximate surface area is 133 Å². The van der Waals surface area contributed by atoms with Crippen LogP contribution in [0.15, 0.2) is 43.0 Å². The molecule has 0 saturated heterocycles. The van der Waals surface area contributed by atoms with E-state index in [0.717, 1.165) is 5.56 Å². The Morgan fingerprint density at radius 3 is 2.78 bits per heavy atom. The van der Waals surface area contributed by atoms with Gasteiger partial charge in [0.15, 0.2) is 11.5 Å². The SMILES string of the molecule is CC(C)NC(=O)c1c(NCc2ccncc2)nn2cccnc12. The van der Waals surface area contributed by atoms with Gasteiger partial charge in [0.05, 0.1) is 0 Å². The zero-order valence-corrected chi connectivity index (χ0v) is 13.0. The topological polar surface area (TPSA) is 84.2 Å². The Morgan fingerprint density at radius 2 is 2.04 bits per heavy atom. The second-order valence-corrected chi connectivity index (χ2v) is 5.45. The van der Waals surface area contributed by atoms with Crippen LogP contribution in [-0.2, 0) is 6.54 Å². The Balaban J connectivity index is 1.93. The molecule has 3 rings (SSSR count). The summed E-state index contributed by atoms with van der Waals surface area (Å²) in [6.07, 6.45) is 6.88. The first-order chi connectivity index (χ1) is 11.1. The highest BCUT2D eigenvalue weighted by Crippen LogP contribution is 2.19. The van der Waals surface area contributed by atoms with Crippen LogP contribution in [0.25, 0.3) is 5.65 Å². The molecule has 0 unspecified atom stereocenters. The highest BCUT2D eigenvalue weighted by Gasteiger charge is 2.21. The maximum atomic E-state index is 12.5. The summed E-state index contributed by atoms with van der Waals surface area (Å²) >= 11 is 0. The Kier molecular flexibility index (Phi) is 4.18. The smallest absolute Gasteiger partial charge is 0.259 e. The quantitative estimate of drug-likeness (QED) is 0.751. The van der Waals surface area contributed by atoms with Crippen LogP contribution in [0.4, 0.5) is 5.82 Å². The largest absolute Gasteiger partial charge is 0.364 e. The molecule has 118 valence electrons. The second-order valence-electron chi connectivity index (χ2n) is 5.45. The summed E-state index contributed by atoms with van der Waals surface area (Å²) in [4.78, 5) is 20.8. The minimum Gasteiger partial charge on any atom is -0.364 e. The molecule has 3 heterocycles. The van der Waals surface area contributed by atoms with Gasteiger partial charge in [-0.2, -0.15) is 0 Å². The van der Waals surface area contributed by atoms with Gasteiger partial charge in [-0.25, -0.2) is 9.50 Å². The monoisotopic (exact) mass is 310 g/mol. The van der Waals surface area contributed by atoms with Gasteiger partial charge in [0, 0.05) is 37.4 Å². The average Bonchev–Trinajstić information content (AvgIpc) is 2.91. The average molecular weight is 310 g/mol.